The van der Waals surface area contributed by atoms with Crippen LogP contribution in [0.15, 0.2) is 35.3 Å². The maximum atomic E-state index is 4.41. The summed E-state index contributed by atoms with van der Waals surface area (Å²) in [6, 6.07) is 10.8. The van der Waals surface area contributed by atoms with Gasteiger partial charge in [0.25, 0.3) is 0 Å². The molecule has 0 saturated carbocycles. The number of aliphatic imine (C=N–C) groups is 1. The molecule has 0 bridgehead atoms. The average Bonchev–Trinajstić information content (AvgIpc) is 2.93. The fraction of sp³-hybridized carbons (Fsp3) is 0.588. The van der Waals surface area contributed by atoms with Crippen molar-refractivity contribution in [1.29, 1.82) is 0 Å². The van der Waals surface area contributed by atoms with E-state index in [1.165, 1.54) is 31.2 Å². The van der Waals surface area contributed by atoms with Crippen LogP contribution >= 0.6 is 0 Å². The molecule has 1 fully saturated rings. The lowest BCUT2D eigenvalue weighted by atomic mass is 9.99. The van der Waals surface area contributed by atoms with E-state index in [1.807, 2.05) is 7.05 Å². The minimum atomic E-state index is 0.752. The summed E-state index contributed by atoms with van der Waals surface area (Å²) in [5, 5.41) is 3.47. The van der Waals surface area contributed by atoms with Crippen LogP contribution in [-0.2, 0) is 6.42 Å². The monoisotopic (exact) mass is 273 g/mol. The molecular weight excluding hydrogens is 246 g/mol. The zero-order valence-corrected chi connectivity index (χ0v) is 12.8. The summed E-state index contributed by atoms with van der Waals surface area (Å²) in [6.07, 6.45) is 4.88. The van der Waals surface area contributed by atoms with Gasteiger partial charge in [-0.1, -0.05) is 43.7 Å². The zero-order valence-electron chi connectivity index (χ0n) is 12.8. The van der Waals surface area contributed by atoms with Crippen molar-refractivity contribution >= 4 is 5.96 Å². The largest absolute Gasteiger partial charge is 0.356 e. The first kappa shape index (κ1) is 14.9. The van der Waals surface area contributed by atoms with Gasteiger partial charge in [-0.05, 0) is 30.7 Å². The number of benzene rings is 1. The van der Waals surface area contributed by atoms with Crippen molar-refractivity contribution in [3.8, 4) is 0 Å². The highest BCUT2D eigenvalue weighted by atomic mass is 15.3. The number of guanidine groups is 1. The molecule has 1 saturated heterocycles. The third kappa shape index (κ3) is 4.26. The Kier molecular flexibility index (Phi) is 5.90. The molecule has 0 amide bonds. The van der Waals surface area contributed by atoms with E-state index in [-0.39, 0.29) is 0 Å². The molecule has 1 unspecified atom stereocenters. The second kappa shape index (κ2) is 7.93. The Morgan fingerprint density at radius 1 is 1.35 bits per heavy atom. The van der Waals surface area contributed by atoms with E-state index in [9.17, 15) is 0 Å². The highest BCUT2D eigenvalue weighted by molar-refractivity contribution is 5.80. The van der Waals surface area contributed by atoms with E-state index in [0.717, 1.165) is 31.5 Å². The molecule has 0 radical (unpaired) electrons. The van der Waals surface area contributed by atoms with Crippen molar-refractivity contribution in [1.82, 2.24) is 10.2 Å². The van der Waals surface area contributed by atoms with E-state index in [0.29, 0.717) is 0 Å². The van der Waals surface area contributed by atoms with Gasteiger partial charge in [-0.3, -0.25) is 4.99 Å². The molecule has 0 aromatic heterocycles. The first-order valence-electron chi connectivity index (χ1n) is 7.83. The van der Waals surface area contributed by atoms with Crippen molar-refractivity contribution in [3.05, 3.63) is 35.9 Å². The standard InChI is InChI=1S/C17H27N3/c1-3-4-11-19-17(18-2)20-12-10-16(14-20)13-15-8-6-5-7-9-15/h5-9,16H,3-4,10-14H2,1-2H3,(H,18,19). The van der Waals surface area contributed by atoms with Gasteiger partial charge in [-0.25, -0.2) is 0 Å². The molecule has 3 nitrogen and oxygen atoms in total. The van der Waals surface area contributed by atoms with Crippen molar-refractivity contribution in [3.63, 3.8) is 0 Å². The topological polar surface area (TPSA) is 27.6 Å². The number of unbranched alkanes of at least 4 members (excludes halogenated alkanes) is 1. The summed E-state index contributed by atoms with van der Waals surface area (Å²) in [7, 11) is 1.89. The van der Waals surface area contributed by atoms with Gasteiger partial charge in [0.1, 0.15) is 0 Å². The second-order valence-corrected chi connectivity index (χ2v) is 5.62. The van der Waals surface area contributed by atoms with Gasteiger partial charge in [-0.2, -0.15) is 0 Å². The van der Waals surface area contributed by atoms with Crippen LogP contribution in [0.3, 0.4) is 0 Å². The van der Waals surface area contributed by atoms with Crippen molar-refractivity contribution in [2.45, 2.75) is 32.6 Å². The third-order valence-corrected chi connectivity index (χ3v) is 3.98. The number of hydrogen-bond acceptors (Lipinski definition) is 1. The van der Waals surface area contributed by atoms with Crippen LogP contribution in [0, 0.1) is 5.92 Å². The van der Waals surface area contributed by atoms with Gasteiger partial charge in [0.2, 0.25) is 0 Å². The lowest BCUT2D eigenvalue weighted by molar-refractivity contribution is 0.459. The Morgan fingerprint density at radius 3 is 2.85 bits per heavy atom. The van der Waals surface area contributed by atoms with E-state index in [2.05, 4.69) is 52.5 Å². The van der Waals surface area contributed by atoms with Crippen LogP contribution in [0.25, 0.3) is 0 Å². The summed E-state index contributed by atoms with van der Waals surface area (Å²) >= 11 is 0. The number of nitrogens with one attached hydrogen (secondary N) is 1. The smallest absolute Gasteiger partial charge is 0.193 e. The molecule has 1 aliphatic rings. The fourth-order valence-corrected chi connectivity index (χ4v) is 2.85. The molecular formula is C17H27N3. The number of rotatable bonds is 5. The second-order valence-electron chi connectivity index (χ2n) is 5.62. The molecule has 20 heavy (non-hydrogen) atoms. The molecule has 110 valence electrons. The number of nitrogens with zero attached hydrogens (tertiary/aromatic N) is 2. The van der Waals surface area contributed by atoms with Crippen LogP contribution in [0.5, 0.6) is 0 Å². The molecule has 1 heterocycles. The van der Waals surface area contributed by atoms with Crippen LogP contribution < -0.4 is 5.32 Å². The SMILES string of the molecule is CCCCNC(=NC)N1CCC(Cc2ccccc2)C1. The van der Waals surface area contributed by atoms with Crippen molar-refractivity contribution in [2.75, 3.05) is 26.7 Å². The first-order valence-corrected chi connectivity index (χ1v) is 7.83. The predicted octanol–water partition coefficient (Wildman–Crippen LogP) is 2.93. The predicted molar refractivity (Wildman–Crippen MR) is 86.1 cm³/mol. The molecule has 0 aliphatic carbocycles. The minimum absolute atomic E-state index is 0.752. The lowest BCUT2D eigenvalue weighted by Crippen LogP contribution is -2.40. The van der Waals surface area contributed by atoms with Gasteiger partial charge in [-0.15, -0.1) is 0 Å². The molecule has 3 heteroatoms. The first-order chi connectivity index (χ1) is 9.83. The Morgan fingerprint density at radius 2 is 2.15 bits per heavy atom. The quantitative estimate of drug-likeness (QED) is 0.507. The van der Waals surface area contributed by atoms with Gasteiger partial charge in [0.05, 0.1) is 0 Å². The normalized spacial score (nSPS) is 19.4. The molecule has 2 rings (SSSR count). The van der Waals surface area contributed by atoms with Gasteiger partial charge >= 0.3 is 0 Å². The summed E-state index contributed by atoms with van der Waals surface area (Å²) in [5.74, 6) is 1.83. The van der Waals surface area contributed by atoms with Crippen LogP contribution in [0.1, 0.15) is 31.7 Å². The van der Waals surface area contributed by atoms with Gasteiger partial charge < -0.3 is 10.2 Å². The van der Waals surface area contributed by atoms with Crippen LogP contribution in [0.4, 0.5) is 0 Å². The molecule has 1 aromatic carbocycles. The maximum Gasteiger partial charge on any atom is 0.193 e. The highest BCUT2D eigenvalue weighted by Crippen LogP contribution is 2.20. The third-order valence-electron chi connectivity index (χ3n) is 3.98. The highest BCUT2D eigenvalue weighted by Gasteiger charge is 2.24. The summed E-state index contributed by atoms with van der Waals surface area (Å²) in [5.41, 5.74) is 1.45. The average molecular weight is 273 g/mol. The van der Waals surface area contributed by atoms with E-state index >= 15 is 0 Å². The van der Waals surface area contributed by atoms with Crippen molar-refractivity contribution < 1.29 is 0 Å². The molecule has 1 aromatic rings. The van der Waals surface area contributed by atoms with Gasteiger partial charge in [0.15, 0.2) is 5.96 Å². The molecule has 0 spiro atoms. The lowest BCUT2D eigenvalue weighted by Gasteiger charge is -2.21. The maximum absolute atomic E-state index is 4.41. The molecule has 1 aliphatic heterocycles. The Labute approximate surface area is 123 Å². The minimum Gasteiger partial charge on any atom is -0.356 e. The fourth-order valence-electron chi connectivity index (χ4n) is 2.85. The summed E-state index contributed by atoms with van der Waals surface area (Å²) < 4.78 is 0. The number of hydrogen-bond donors (Lipinski definition) is 1. The zero-order chi connectivity index (χ0) is 14.2. The van der Waals surface area contributed by atoms with Gasteiger partial charge in [0, 0.05) is 26.7 Å². The van der Waals surface area contributed by atoms with E-state index in [1.54, 1.807) is 0 Å². The number of likely N-dealkylation sites (tertiary alicyclic amines) is 1. The summed E-state index contributed by atoms with van der Waals surface area (Å²) in [6.45, 7) is 5.50. The van der Waals surface area contributed by atoms with E-state index < -0.39 is 0 Å². The van der Waals surface area contributed by atoms with Crippen LogP contribution in [-0.4, -0.2) is 37.5 Å². The Bertz CT molecular complexity index is 414. The van der Waals surface area contributed by atoms with E-state index in [4.69, 9.17) is 0 Å². The Hall–Kier alpha value is -1.51. The Balaban J connectivity index is 1.82. The molecule has 1 N–H and O–H groups in total. The van der Waals surface area contributed by atoms with Crippen LogP contribution in [0.2, 0.25) is 0 Å². The molecule has 1 atom stereocenters. The van der Waals surface area contributed by atoms with Crippen molar-refractivity contribution in [2.24, 2.45) is 10.9 Å². The summed E-state index contributed by atoms with van der Waals surface area (Å²) in [4.78, 5) is 6.82.